The molecule has 3 N–H and O–H groups in total. The molecule has 0 saturated carbocycles. The molecule has 0 saturated heterocycles. The van der Waals surface area contributed by atoms with Gasteiger partial charge in [-0.05, 0) is 31.2 Å². The number of hydrogen-bond acceptors (Lipinski definition) is 4. The number of carbonyl (C=O) groups excluding carboxylic acids is 1. The second-order valence-corrected chi connectivity index (χ2v) is 4.07. The van der Waals surface area contributed by atoms with Gasteiger partial charge in [-0.15, -0.1) is 0 Å². The van der Waals surface area contributed by atoms with E-state index in [0.717, 1.165) is 5.69 Å². The Morgan fingerprint density at radius 3 is 2.74 bits per heavy atom. The average Bonchev–Trinajstić information content (AvgIpc) is 2.41. The number of aromatic nitrogens is 1. The second-order valence-electron chi connectivity index (χ2n) is 4.07. The van der Waals surface area contributed by atoms with Crippen molar-refractivity contribution in [2.75, 3.05) is 18.2 Å². The van der Waals surface area contributed by atoms with E-state index < -0.39 is 0 Å². The van der Waals surface area contributed by atoms with Crippen LogP contribution >= 0.6 is 0 Å². The lowest BCUT2D eigenvalue weighted by molar-refractivity contribution is 0.102. The number of anilines is 2. The molecule has 0 aliphatic rings. The lowest BCUT2D eigenvalue weighted by atomic mass is 10.2. The number of amides is 1. The molecule has 1 heterocycles. The minimum Gasteiger partial charge on any atom is -0.497 e. The zero-order chi connectivity index (χ0) is 13.8. The van der Waals surface area contributed by atoms with E-state index in [1.807, 2.05) is 13.0 Å². The van der Waals surface area contributed by atoms with Crippen LogP contribution in [0.2, 0.25) is 0 Å². The Kier molecular flexibility index (Phi) is 3.66. The van der Waals surface area contributed by atoms with Crippen LogP contribution in [-0.2, 0) is 0 Å². The monoisotopic (exact) mass is 257 g/mol. The Morgan fingerprint density at radius 2 is 2.11 bits per heavy atom. The molecule has 1 aromatic heterocycles. The summed E-state index contributed by atoms with van der Waals surface area (Å²) < 4.78 is 5.05. The number of nitrogens with one attached hydrogen (secondary N) is 1. The number of benzene rings is 1. The van der Waals surface area contributed by atoms with Crippen molar-refractivity contribution in [2.24, 2.45) is 0 Å². The summed E-state index contributed by atoms with van der Waals surface area (Å²) >= 11 is 0. The molecule has 0 spiro atoms. The van der Waals surface area contributed by atoms with Gasteiger partial charge in [0.25, 0.3) is 5.91 Å². The number of aryl methyl sites for hydroxylation is 1. The van der Waals surface area contributed by atoms with Crippen LogP contribution in [-0.4, -0.2) is 18.0 Å². The first-order valence-electron chi connectivity index (χ1n) is 5.78. The van der Waals surface area contributed by atoms with Gasteiger partial charge >= 0.3 is 0 Å². The van der Waals surface area contributed by atoms with E-state index >= 15 is 0 Å². The van der Waals surface area contributed by atoms with Crippen LogP contribution in [0.5, 0.6) is 5.75 Å². The highest BCUT2D eigenvalue weighted by atomic mass is 16.5. The lowest BCUT2D eigenvalue weighted by Crippen LogP contribution is -2.15. The first-order valence-corrected chi connectivity index (χ1v) is 5.78. The summed E-state index contributed by atoms with van der Waals surface area (Å²) in [4.78, 5) is 16.2. The van der Waals surface area contributed by atoms with Crippen LogP contribution in [0.25, 0.3) is 0 Å². The SMILES string of the molecule is COc1ccc(NC(=O)c2cccc(C)n2)c(N)c1. The zero-order valence-corrected chi connectivity index (χ0v) is 10.8. The topological polar surface area (TPSA) is 77.2 Å². The number of hydrogen-bond donors (Lipinski definition) is 2. The summed E-state index contributed by atoms with van der Waals surface area (Å²) in [5, 5.41) is 2.72. The molecular formula is C14H15N3O2. The molecule has 98 valence electrons. The molecule has 19 heavy (non-hydrogen) atoms. The van der Waals surface area contributed by atoms with E-state index in [-0.39, 0.29) is 5.91 Å². The average molecular weight is 257 g/mol. The number of rotatable bonds is 3. The van der Waals surface area contributed by atoms with Crippen LogP contribution in [0.3, 0.4) is 0 Å². The van der Waals surface area contributed by atoms with Crippen LogP contribution in [0.4, 0.5) is 11.4 Å². The van der Waals surface area contributed by atoms with Gasteiger partial charge in [-0.1, -0.05) is 6.07 Å². The van der Waals surface area contributed by atoms with Crippen molar-refractivity contribution in [3.8, 4) is 5.75 Å². The number of nitrogens with two attached hydrogens (primary N) is 1. The van der Waals surface area contributed by atoms with E-state index in [1.165, 1.54) is 0 Å². The van der Waals surface area contributed by atoms with Gasteiger partial charge in [-0.3, -0.25) is 4.79 Å². The van der Waals surface area contributed by atoms with E-state index in [2.05, 4.69) is 10.3 Å². The fourth-order valence-corrected chi connectivity index (χ4v) is 1.64. The molecule has 0 bridgehead atoms. The Labute approximate surface area is 111 Å². The third kappa shape index (κ3) is 3.01. The van der Waals surface area contributed by atoms with E-state index in [9.17, 15) is 4.79 Å². The van der Waals surface area contributed by atoms with Crippen molar-refractivity contribution >= 4 is 17.3 Å². The van der Waals surface area contributed by atoms with Gasteiger partial charge in [0.1, 0.15) is 11.4 Å². The fourth-order valence-electron chi connectivity index (χ4n) is 1.64. The standard InChI is InChI=1S/C14H15N3O2/c1-9-4-3-5-13(16-9)14(18)17-12-7-6-10(19-2)8-11(12)15/h3-8H,15H2,1-2H3,(H,17,18). The molecular weight excluding hydrogens is 242 g/mol. The van der Waals surface area contributed by atoms with Crippen molar-refractivity contribution in [1.29, 1.82) is 0 Å². The van der Waals surface area contributed by atoms with Crippen molar-refractivity contribution < 1.29 is 9.53 Å². The maximum absolute atomic E-state index is 12.0. The van der Waals surface area contributed by atoms with Crippen LogP contribution in [0.1, 0.15) is 16.2 Å². The maximum Gasteiger partial charge on any atom is 0.274 e. The van der Waals surface area contributed by atoms with Gasteiger partial charge < -0.3 is 15.8 Å². The molecule has 0 atom stereocenters. The zero-order valence-electron chi connectivity index (χ0n) is 10.8. The summed E-state index contributed by atoms with van der Waals surface area (Å²) in [6, 6.07) is 10.4. The molecule has 2 aromatic rings. The summed E-state index contributed by atoms with van der Waals surface area (Å²) in [5.74, 6) is 0.352. The van der Waals surface area contributed by atoms with Gasteiger partial charge in [0.15, 0.2) is 0 Å². The normalized spacial score (nSPS) is 10.0. The summed E-state index contributed by atoms with van der Waals surface area (Å²) in [5.41, 5.74) is 7.96. The Balaban J connectivity index is 2.19. The number of ether oxygens (including phenoxy) is 1. The van der Waals surface area contributed by atoms with Crippen molar-refractivity contribution in [3.63, 3.8) is 0 Å². The smallest absolute Gasteiger partial charge is 0.274 e. The summed E-state index contributed by atoms with van der Waals surface area (Å²) in [7, 11) is 1.56. The van der Waals surface area contributed by atoms with Gasteiger partial charge in [0.2, 0.25) is 0 Å². The highest BCUT2D eigenvalue weighted by molar-refractivity contribution is 6.04. The molecule has 1 amide bonds. The Hall–Kier alpha value is -2.56. The van der Waals surface area contributed by atoms with Crippen molar-refractivity contribution in [1.82, 2.24) is 4.98 Å². The molecule has 0 aliphatic carbocycles. The number of carbonyl (C=O) groups is 1. The molecule has 5 nitrogen and oxygen atoms in total. The van der Waals surface area contributed by atoms with E-state index in [1.54, 1.807) is 37.4 Å². The van der Waals surface area contributed by atoms with Crippen LogP contribution < -0.4 is 15.8 Å². The predicted molar refractivity (Wildman–Crippen MR) is 74.3 cm³/mol. The van der Waals surface area contributed by atoms with E-state index in [0.29, 0.717) is 22.8 Å². The maximum atomic E-state index is 12.0. The van der Waals surface area contributed by atoms with Crippen molar-refractivity contribution in [2.45, 2.75) is 6.92 Å². The van der Waals surface area contributed by atoms with Crippen LogP contribution in [0, 0.1) is 6.92 Å². The first-order chi connectivity index (χ1) is 9.10. The first kappa shape index (κ1) is 12.9. The van der Waals surface area contributed by atoms with Crippen LogP contribution in [0.15, 0.2) is 36.4 Å². The molecule has 0 fully saturated rings. The fraction of sp³-hybridized carbons (Fsp3) is 0.143. The molecule has 1 aromatic carbocycles. The number of pyridine rings is 1. The Morgan fingerprint density at radius 1 is 1.32 bits per heavy atom. The highest BCUT2D eigenvalue weighted by Gasteiger charge is 2.09. The predicted octanol–water partition coefficient (Wildman–Crippen LogP) is 2.23. The van der Waals surface area contributed by atoms with E-state index in [4.69, 9.17) is 10.5 Å². The molecule has 2 rings (SSSR count). The third-order valence-electron chi connectivity index (χ3n) is 2.63. The van der Waals surface area contributed by atoms with Gasteiger partial charge in [-0.2, -0.15) is 0 Å². The number of nitrogens with zero attached hydrogens (tertiary/aromatic N) is 1. The minimum atomic E-state index is -0.291. The molecule has 5 heteroatoms. The summed E-state index contributed by atoms with van der Waals surface area (Å²) in [6.07, 6.45) is 0. The Bertz CT molecular complexity index is 611. The van der Waals surface area contributed by atoms with Gasteiger partial charge in [0, 0.05) is 11.8 Å². The number of nitrogen functional groups attached to an aromatic ring is 1. The molecule has 0 unspecified atom stereocenters. The minimum absolute atomic E-state index is 0.291. The van der Waals surface area contributed by atoms with Gasteiger partial charge in [-0.25, -0.2) is 4.98 Å². The van der Waals surface area contributed by atoms with Gasteiger partial charge in [0.05, 0.1) is 18.5 Å². The number of methoxy groups -OCH3 is 1. The molecule has 0 radical (unpaired) electrons. The second kappa shape index (κ2) is 5.39. The quantitative estimate of drug-likeness (QED) is 0.827. The van der Waals surface area contributed by atoms with Crippen molar-refractivity contribution in [3.05, 3.63) is 47.8 Å². The highest BCUT2D eigenvalue weighted by Crippen LogP contribution is 2.24. The summed E-state index contributed by atoms with van der Waals surface area (Å²) in [6.45, 7) is 1.83. The third-order valence-corrected chi connectivity index (χ3v) is 2.63. The largest absolute Gasteiger partial charge is 0.497 e. The molecule has 0 aliphatic heterocycles. The lowest BCUT2D eigenvalue weighted by Gasteiger charge is -2.09.